The van der Waals surface area contributed by atoms with Gasteiger partial charge in [-0.1, -0.05) is 61.3 Å². The minimum atomic E-state index is -0.177. The minimum Gasteiger partial charge on any atom is -0.321 e. The molecule has 0 fully saturated rings. The summed E-state index contributed by atoms with van der Waals surface area (Å²) < 4.78 is 0. The molecule has 2 aromatic heterocycles. The van der Waals surface area contributed by atoms with Crippen LogP contribution >= 0.6 is 0 Å². The summed E-state index contributed by atoms with van der Waals surface area (Å²) in [5.41, 5.74) is 4.01. The van der Waals surface area contributed by atoms with E-state index in [0.29, 0.717) is 24.7 Å². The first-order valence-corrected chi connectivity index (χ1v) is 10.3. The number of carbonyl (C=O) groups excluding carboxylic acids is 1. The van der Waals surface area contributed by atoms with Crippen LogP contribution in [0.3, 0.4) is 0 Å². The summed E-state index contributed by atoms with van der Waals surface area (Å²) in [7, 11) is 0. The first kappa shape index (κ1) is 20.7. The van der Waals surface area contributed by atoms with Crippen molar-refractivity contribution in [3.8, 4) is 11.3 Å². The summed E-state index contributed by atoms with van der Waals surface area (Å²) in [6, 6.07) is 11.9. The van der Waals surface area contributed by atoms with Crippen LogP contribution in [0.1, 0.15) is 37.8 Å². The summed E-state index contributed by atoms with van der Waals surface area (Å²) in [6.45, 7) is 7.71. The van der Waals surface area contributed by atoms with Gasteiger partial charge in [-0.15, -0.1) is 5.10 Å². The molecule has 0 aliphatic heterocycles. The van der Waals surface area contributed by atoms with E-state index in [4.69, 9.17) is 0 Å². The monoisotopic (exact) mass is 391 g/mol. The maximum Gasteiger partial charge on any atom is 0.362 e. The van der Waals surface area contributed by atoms with Crippen molar-refractivity contribution in [2.24, 2.45) is 5.92 Å². The van der Waals surface area contributed by atoms with Crippen LogP contribution in [0.15, 0.2) is 55.0 Å². The fourth-order valence-electron chi connectivity index (χ4n) is 3.28. The molecule has 3 rings (SSSR count). The lowest BCUT2D eigenvalue weighted by atomic mass is 10.0. The van der Waals surface area contributed by atoms with Gasteiger partial charge in [0.2, 0.25) is 0 Å². The van der Waals surface area contributed by atoms with Crippen molar-refractivity contribution in [3.05, 3.63) is 66.1 Å². The van der Waals surface area contributed by atoms with Crippen LogP contribution in [0.5, 0.6) is 0 Å². The van der Waals surface area contributed by atoms with E-state index in [1.54, 1.807) is 18.6 Å². The fourth-order valence-corrected chi connectivity index (χ4v) is 3.28. The number of benzene rings is 1. The molecule has 1 amide bonds. The lowest BCUT2D eigenvalue weighted by molar-refractivity contribution is 0.181. The van der Waals surface area contributed by atoms with E-state index < -0.39 is 0 Å². The average molecular weight is 392 g/mol. The Labute approximate surface area is 172 Å². The first-order valence-electron chi connectivity index (χ1n) is 10.3. The van der Waals surface area contributed by atoms with Gasteiger partial charge in [0.1, 0.15) is 5.69 Å². The van der Waals surface area contributed by atoms with E-state index in [-0.39, 0.29) is 6.03 Å². The van der Waals surface area contributed by atoms with Gasteiger partial charge in [0.25, 0.3) is 0 Å². The smallest absolute Gasteiger partial charge is 0.321 e. The first-order chi connectivity index (χ1) is 14.1. The van der Waals surface area contributed by atoms with Gasteiger partial charge in [-0.2, -0.15) is 5.10 Å². The van der Waals surface area contributed by atoms with Gasteiger partial charge in [0, 0.05) is 31.0 Å². The number of pyridine rings is 1. The molecule has 0 radical (unpaired) electrons. The van der Waals surface area contributed by atoms with Crippen LogP contribution in [0.2, 0.25) is 0 Å². The molecule has 0 spiro atoms. The van der Waals surface area contributed by atoms with Crippen LogP contribution in [-0.4, -0.2) is 44.0 Å². The summed E-state index contributed by atoms with van der Waals surface area (Å²) in [5.74, 6) is 0.462. The van der Waals surface area contributed by atoms with Crippen molar-refractivity contribution in [2.45, 2.75) is 40.0 Å². The quantitative estimate of drug-likeness (QED) is 0.563. The van der Waals surface area contributed by atoms with E-state index in [0.717, 1.165) is 30.4 Å². The van der Waals surface area contributed by atoms with Crippen LogP contribution < -0.4 is 0 Å². The second-order valence-electron chi connectivity index (χ2n) is 7.40. The van der Waals surface area contributed by atoms with Gasteiger partial charge in [-0.25, -0.2) is 4.79 Å². The number of nitrogens with zero attached hydrogens (tertiary/aromatic N) is 5. The summed E-state index contributed by atoms with van der Waals surface area (Å²) in [6.07, 6.45) is 8.07. The molecule has 0 saturated carbocycles. The van der Waals surface area contributed by atoms with Crippen molar-refractivity contribution in [3.63, 3.8) is 0 Å². The number of amides is 1. The predicted molar refractivity (Wildman–Crippen MR) is 115 cm³/mol. The molecular formula is C23H29N5O. The molecule has 152 valence electrons. The van der Waals surface area contributed by atoms with E-state index >= 15 is 0 Å². The third kappa shape index (κ3) is 5.50. The highest BCUT2D eigenvalue weighted by Crippen LogP contribution is 2.17. The third-order valence-electron chi connectivity index (χ3n) is 5.33. The molecule has 6 heteroatoms. The van der Waals surface area contributed by atoms with Gasteiger partial charge in [0.05, 0.1) is 6.20 Å². The standard InChI is InChI=1S/C23H29N5O/c1-4-19(5-2)17-27(15-12-20-10-13-24-14-11-20)23(29)28-25-16-22(26-28)21-8-6-18(3)7-9-21/h6-11,13-14,16,19H,4-5,12,15,17H2,1-3H3. The van der Waals surface area contributed by atoms with Gasteiger partial charge in [-0.05, 0) is 37.0 Å². The molecule has 29 heavy (non-hydrogen) atoms. The molecule has 0 bridgehead atoms. The minimum absolute atomic E-state index is 0.177. The van der Waals surface area contributed by atoms with Crippen LogP contribution in [0.25, 0.3) is 11.3 Å². The summed E-state index contributed by atoms with van der Waals surface area (Å²) in [5, 5.41) is 8.70. The van der Waals surface area contributed by atoms with Gasteiger partial charge < -0.3 is 4.90 Å². The zero-order valence-corrected chi connectivity index (χ0v) is 17.5. The fraction of sp³-hybridized carbons (Fsp3) is 0.391. The van der Waals surface area contributed by atoms with E-state index in [1.165, 1.54) is 10.4 Å². The highest BCUT2D eigenvalue weighted by atomic mass is 16.2. The van der Waals surface area contributed by atoms with Crippen LogP contribution in [0.4, 0.5) is 4.79 Å². The van der Waals surface area contributed by atoms with Gasteiger partial charge in [0.15, 0.2) is 0 Å². The second-order valence-corrected chi connectivity index (χ2v) is 7.40. The maximum absolute atomic E-state index is 13.2. The third-order valence-corrected chi connectivity index (χ3v) is 5.33. The SMILES string of the molecule is CCC(CC)CN(CCc1ccncc1)C(=O)n1ncc(-c2ccc(C)cc2)n1. The van der Waals surface area contributed by atoms with E-state index in [2.05, 4.69) is 29.0 Å². The molecular weight excluding hydrogens is 362 g/mol. The predicted octanol–water partition coefficient (Wildman–Crippen LogP) is 4.60. The number of aromatic nitrogens is 4. The molecule has 0 N–H and O–H groups in total. The van der Waals surface area contributed by atoms with Crippen molar-refractivity contribution in [1.29, 1.82) is 0 Å². The Bertz CT molecular complexity index is 901. The van der Waals surface area contributed by atoms with Crippen molar-refractivity contribution in [2.75, 3.05) is 13.1 Å². The largest absolute Gasteiger partial charge is 0.362 e. The molecule has 6 nitrogen and oxygen atoms in total. The normalized spacial score (nSPS) is 11.0. The maximum atomic E-state index is 13.2. The number of carbonyl (C=O) groups is 1. The van der Waals surface area contributed by atoms with Gasteiger partial charge in [-0.3, -0.25) is 4.98 Å². The summed E-state index contributed by atoms with van der Waals surface area (Å²) >= 11 is 0. The number of hydrogen-bond donors (Lipinski definition) is 0. The number of hydrogen-bond acceptors (Lipinski definition) is 4. The molecule has 0 aliphatic rings. The average Bonchev–Trinajstić information content (AvgIpc) is 3.25. The number of rotatable bonds is 8. The summed E-state index contributed by atoms with van der Waals surface area (Å²) in [4.78, 5) is 20.3. The zero-order valence-electron chi connectivity index (χ0n) is 17.5. The molecule has 0 aliphatic carbocycles. The Balaban J connectivity index is 1.76. The zero-order chi connectivity index (χ0) is 20.6. The highest BCUT2D eigenvalue weighted by Gasteiger charge is 2.21. The second kappa shape index (κ2) is 9.96. The Morgan fingerprint density at radius 1 is 1.07 bits per heavy atom. The molecule has 0 saturated heterocycles. The molecule has 0 atom stereocenters. The molecule has 3 aromatic rings. The Hall–Kier alpha value is -3.02. The van der Waals surface area contributed by atoms with Crippen LogP contribution in [-0.2, 0) is 6.42 Å². The lowest BCUT2D eigenvalue weighted by Crippen LogP contribution is -2.40. The van der Waals surface area contributed by atoms with Crippen molar-refractivity contribution >= 4 is 6.03 Å². The Morgan fingerprint density at radius 2 is 1.76 bits per heavy atom. The van der Waals surface area contributed by atoms with Crippen molar-refractivity contribution < 1.29 is 4.79 Å². The van der Waals surface area contributed by atoms with Crippen molar-refractivity contribution in [1.82, 2.24) is 24.9 Å². The molecule has 0 unspecified atom stereocenters. The van der Waals surface area contributed by atoms with Gasteiger partial charge >= 0.3 is 6.03 Å². The van der Waals surface area contributed by atoms with E-state index in [9.17, 15) is 4.79 Å². The number of aryl methyl sites for hydroxylation is 1. The van der Waals surface area contributed by atoms with Crippen LogP contribution in [0, 0.1) is 12.8 Å². The molecule has 1 aromatic carbocycles. The topological polar surface area (TPSA) is 63.9 Å². The highest BCUT2D eigenvalue weighted by molar-refractivity contribution is 5.75. The Kier molecular flexibility index (Phi) is 7.11. The Morgan fingerprint density at radius 3 is 2.41 bits per heavy atom. The lowest BCUT2D eigenvalue weighted by Gasteiger charge is -2.26. The van der Waals surface area contributed by atoms with E-state index in [1.807, 2.05) is 48.2 Å². The molecule has 2 heterocycles.